The predicted octanol–water partition coefficient (Wildman–Crippen LogP) is 3.36. The molecule has 0 saturated heterocycles. The van der Waals surface area contributed by atoms with Crippen LogP contribution in [0.1, 0.15) is 33.8 Å². The molecule has 6 nitrogen and oxygen atoms in total. The third-order valence-electron chi connectivity index (χ3n) is 5.28. The maximum atomic E-state index is 13.2. The van der Waals surface area contributed by atoms with Gasteiger partial charge in [-0.05, 0) is 43.9 Å². The van der Waals surface area contributed by atoms with Crippen LogP contribution in [0.25, 0.3) is 15.9 Å². The summed E-state index contributed by atoms with van der Waals surface area (Å²) in [5, 5.41) is 15.0. The van der Waals surface area contributed by atoms with Gasteiger partial charge in [-0.25, -0.2) is 9.67 Å². The van der Waals surface area contributed by atoms with E-state index in [0.29, 0.717) is 17.0 Å². The molecule has 1 aromatic carbocycles. The summed E-state index contributed by atoms with van der Waals surface area (Å²) in [5.41, 5.74) is 3.85. The summed E-state index contributed by atoms with van der Waals surface area (Å²) in [5.74, 6) is 0. The molecule has 1 aliphatic rings. The van der Waals surface area contributed by atoms with E-state index in [-0.39, 0.29) is 12.1 Å². The molecule has 0 saturated carbocycles. The second kappa shape index (κ2) is 6.43. The van der Waals surface area contributed by atoms with Crippen LogP contribution in [0.4, 0.5) is 0 Å². The third kappa shape index (κ3) is 2.49. The van der Waals surface area contributed by atoms with Crippen molar-refractivity contribution in [3.63, 3.8) is 0 Å². The highest BCUT2D eigenvalue weighted by Crippen LogP contribution is 2.34. The van der Waals surface area contributed by atoms with Gasteiger partial charge in [0.15, 0.2) is 0 Å². The fraction of sp³-hybridized carbons (Fsp3) is 0.238. The van der Waals surface area contributed by atoms with E-state index in [2.05, 4.69) is 16.2 Å². The normalized spacial score (nSPS) is 13.0. The van der Waals surface area contributed by atoms with E-state index in [4.69, 9.17) is 0 Å². The second-order valence-corrected chi connectivity index (χ2v) is 8.07. The molecule has 0 unspecified atom stereocenters. The minimum absolute atomic E-state index is 0.0354. The first kappa shape index (κ1) is 16.9. The lowest BCUT2D eigenvalue weighted by molar-refractivity contribution is 0.689. The molecular weight excluding hydrogens is 370 g/mol. The lowest BCUT2D eigenvalue weighted by Gasteiger charge is -2.10. The first-order chi connectivity index (χ1) is 13.7. The first-order valence-corrected chi connectivity index (χ1v) is 10.0. The van der Waals surface area contributed by atoms with Gasteiger partial charge in [-0.2, -0.15) is 10.4 Å². The number of nitrogens with zero attached hydrogens (tertiary/aromatic N) is 5. The molecule has 3 heterocycles. The van der Waals surface area contributed by atoms with E-state index in [1.54, 1.807) is 26.9 Å². The zero-order valence-corrected chi connectivity index (χ0v) is 16.2. The van der Waals surface area contributed by atoms with Crippen molar-refractivity contribution in [2.24, 2.45) is 0 Å². The summed E-state index contributed by atoms with van der Waals surface area (Å²) in [6.45, 7) is 2.07. The number of rotatable bonds is 3. The molecule has 0 fully saturated rings. The van der Waals surface area contributed by atoms with Crippen molar-refractivity contribution in [1.29, 1.82) is 5.26 Å². The van der Waals surface area contributed by atoms with Gasteiger partial charge in [-0.1, -0.05) is 18.2 Å². The Balaban J connectivity index is 1.67. The highest BCUT2D eigenvalue weighted by molar-refractivity contribution is 7.18. The molecule has 0 aliphatic heterocycles. The minimum atomic E-state index is -0.0354. The summed E-state index contributed by atoms with van der Waals surface area (Å²) >= 11 is 1.63. The Morgan fingerprint density at radius 1 is 1.25 bits per heavy atom. The number of aromatic nitrogens is 4. The topological polar surface area (TPSA) is 76.5 Å². The lowest BCUT2D eigenvalue weighted by Crippen LogP contribution is -2.23. The van der Waals surface area contributed by atoms with E-state index in [1.165, 1.54) is 10.4 Å². The fourth-order valence-corrected chi connectivity index (χ4v) is 5.16. The maximum absolute atomic E-state index is 13.2. The molecule has 0 bridgehead atoms. The molecule has 0 N–H and O–H groups in total. The van der Waals surface area contributed by atoms with Gasteiger partial charge in [0.05, 0.1) is 40.9 Å². The van der Waals surface area contributed by atoms with Crippen molar-refractivity contribution in [2.75, 3.05) is 0 Å². The van der Waals surface area contributed by atoms with Crippen LogP contribution in [0.2, 0.25) is 0 Å². The highest BCUT2D eigenvalue weighted by atomic mass is 32.1. The predicted molar refractivity (Wildman–Crippen MR) is 108 cm³/mol. The fourth-order valence-electron chi connectivity index (χ4n) is 3.94. The molecule has 0 spiro atoms. The molecule has 7 heteroatoms. The number of para-hydroxylation sites is 1. The number of hydrogen-bond donors (Lipinski definition) is 0. The summed E-state index contributed by atoms with van der Waals surface area (Å²) in [4.78, 5) is 19.9. The summed E-state index contributed by atoms with van der Waals surface area (Å²) in [7, 11) is 0. The highest BCUT2D eigenvalue weighted by Gasteiger charge is 2.23. The zero-order chi connectivity index (χ0) is 19.3. The zero-order valence-electron chi connectivity index (χ0n) is 15.3. The number of nitriles is 1. The van der Waals surface area contributed by atoms with Crippen molar-refractivity contribution in [1.82, 2.24) is 19.3 Å². The lowest BCUT2D eigenvalue weighted by atomic mass is 10.2. The van der Waals surface area contributed by atoms with Crippen LogP contribution < -0.4 is 5.56 Å². The van der Waals surface area contributed by atoms with Crippen LogP contribution in [0.3, 0.4) is 0 Å². The molecule has 5 rings (SSSR count). The van der Waals surface area contributed by atoms with Gasteiger partial charge >= 0.3 is 0 Å². The smallest absolute Gasteiger partial charge is 0.262 e. The largest absolute Gasteiger partial charge is 0.293 e. The number of thiophene rings is 1. The van der Waals surface area contributed by atoms with Gasteiger partial charge in [0.25, 0.3) is 5.56 Å². The Morgan fingerprint density at radius 2 is 2.07 bits per heavy atom. The average Bonchev–Trinajstić information content (AvgIpc) is 3.37. The summed E-state index contributed by atoms with van der Waals surface area (Å²) < 4.78 is 3.35. The van der Waals surface area contributed by atoms with Crippen LogP contribution in [0.15, 0.2) is 41.5 Å². The second-order valence-electron chi connectivity index (χ2n) is 6.98. The Morgan fingerprint density at radius 3 is 2.86 bits per heavy atom. The standard InChI is InChI=1S/C21H17N5OS/c1-13-16(10-22)17(26(24-13)14-6-3-2-4-7-14)11-25-12-23-20-19(21(25)27)15-8-5-9-18(15)28-20/h2-4,6-7,12H,5,8-9,11H2,1H3. The quantitative estimate of drug-likeness (QED) is 0.540. The van der Waals surface area contributed by atoms with E-state index in [1.807, 2.05) is 37.3 Å². The van der Waals surface area contributed by atoms with Crippen molar-refractivity contribution < 1.29 is 0 Å². The molecule has 4 aromatic rings. The van der Waals surface area contributed by atoms with Crippen LogP contribution in [-0.2, 0) is 19.4 Å². The third-order valence-corrected chi connectivity index (χ3v) is 6.48. The molecule has 3 aromatic heterocycles. The van der Waals surface area contributed by atoms with Crippen molar-refractivity contribution in [2.45, 2.75) is 32.7 Å². The first-order valence-electron chi connectivity index (χ1n) is 9.21. The monoisotopic (exact) mass is 387 g/mol. The van der Waals surface area contributed by atoms with Crippen LogP contribution in [0, 0.1) is 18.3 Å². The van der Waals surface area contributed by atoms with Crippen LogP contribution in [-0.4, -0.2) is 19.3 Å². The Labute approximate surface area is 165 Å². The van der Waals surface area contributed by atoms with E-state index in [0.717, 1.165) is 35.2 Å². The number of hydrogen-bond acceptors (Lipinski definition) is 5. The molecular formula is C21H17N5OS. The number of aryl methyl sites for hydroxylation is 3. The van der Waals surface area contributed by atoms with E-state index in [9.17, 15) is 10.1 Å². The maximum Gasteiger partial charge on any atom is 0.262 e. The summed E-state index contributed by atoms with van der Waals surface area (Å²) in [6.07, 6.45) is 4.67. The van der Waals surface area contributed by atoms with Crippen molar-refractivity contribution in [3.05, 3.63) is 74.4 Å². The Bertz CT molecular complexity index is 1310. The van der Waals surface area contributed by atoms with Gasteiger partial charge in [-0.15, -0.1) is 11.3 Å². The van der Waals surface area contributed by atoms with Gasteiger partial charge in [-0.3, -0.25) is 9.36 Å². The minimum Gasteiger partial charge on any atom is -0.293 e. The van der Waals surface area contributed by atoms with Crippen LogP contribution in [0.5, 0.6) is 0 Å². The Kier molecular flexibility index (Phi) is 3.88. The molecule has 0 atom stereocenters. The molecule has 1 aliphatic carbocycles. The van der Waals surface area contributed by atoms with Gasteiger partial charge in [0, 0.05) is 4.88 Å². The van der Waals surface area contributed by atoms with E-state index >= 15 is 0 Å². The number of benzene rings is 1. The number of fused-ring (bicyclic) bond motifs is 3. The van der Waals surface area contributed by atoms with Crippen molar-refractivity contribution >= 4 is 21.6 Å². The SMILES string of the molecule is Cc1nn(-c2ccccc2)c(Cn2cnc3sc4c(c3c2=O)CCC4)c1C#N. The molecule has 28 heavy (non-hydrogen) atoms. The Hall–Kier alpha value is -3.24. The molecule has 0 radical (unpaired) electrons. The summed E-state index contributed by atoms with van der Waals surface area (Å²) in [6, 6.07) is 11.9. The van der Waals surface area contributed by atoms with E-state index < -0.39 is 0 Å². The van der Waals surface area contributed by atoms with Gasteiger partial charge in [0.1, 0.15) is 10.9 Å². The molecule has 0 amide bonds. The molecule has 138 valence electrons. The van der Waals surface area contributed by atoms with Gasteiger partial charge < -0.3 is 0 Å². The van der Waals surface area contributed by atoms with Crippen LogP contribution >= 0.6 is 11.3 Å². The van der Waals surface area contributed by atoms with Crippen molar-refractivity contribution in [3.8, 4) is 11.8 Å². The average molecular weight is 387 g/mol. The van der Waals surface area contributed by atoms with Gasteiger partial charge in [0.2, 0.25) is 0 Å².